The molecule has 1 amide bonds. The molecule has 0 spiro atoms. The van der Waals surface area contributed by atoms with Crippen molar-refractivity contribution in [2.24, 2.45) is 0 Å². The highest BCUT2D eigenvalue weighted by Crippen LogP contribution is 2.21. The van der Waals surface area contributed by atoms with Crippen molar-refractivity contribution in [1.82, 2.24) is 5.32 Å². The molecule has 1 rings (SSSR count). The minimum atomic E-state index is -2.23. The number of nitrogens with one attached hydrogen (secondary N) is 1. The van der Waals surface area contributed by atoms with Crippen molar-refractivity contribution in [2.75, 3.05) is 19.8 Å². The van der Waals surface area contributed by atoms with Gasteiger partial charge < -0.3 is 19.9 Å². The predicted molar refractivity (Wildman–Crippen MR) is 124 cm³/mol. The highest BCUT2D eigenvalue weighted by atomic mass is 16.6. The quantitative estimate of drug-likeness (QED) is 0.167. The van der Waals surface area contributed by atoms with E-state index in [9.17, 15) is 19.2 Å². The smallest absolute Gasteiger partial charge is 0.344 e. The molecule has 8 heteroatoms. The molecule has 1 aromatic rings. The summed E-state index contributed by atoms with van der Waals surface area (Å²) in [4.78, 5) is 50.1. The van der Waals surface area contributed by atoms with E-state index in [2.05, 4.69) is 5.32 Å². The number of aliphatic hydroxyl groups excluding tert-OH is 1. The fourth-order valence-electron chi connectivity index (χ4n) is 3.53. The number of esters is 2. The molecule has 0 atom stereocenters. The normalized spacial score (nSPS) is 11.0. The van der Waals surface area contributed by atoms with Crippen LogP contribution in [0.1, 0.15) is 81.6 Å². The zero-order valence-electron chi connectivity index (χ0n) is 20.0. The maximum Gasteiger partial charge on any atom is 0.344 e. The molecule has 2 N–H and O–H groups in total. The molecule has 0 saturated carbocycles. The van der Waals surface area contributed by atoms with E-state index in [4.69, 9.17) is 14.6 Å². The van der Waals surface area contributed by atoms with Gasteiger partial charge in [-0.3, -0.25) is 9.59 Å². The van der Waals surface area contributed by atoms with Crippen LogP contribution in [0.2, 0.25) is 0 Å². The molecule has 33 heavy (non-hydrogen) atoms. The van der Waals surface area contributed by atoms with Crippen molar-refractivity contribution >= 4 is 23.6 Å². The summed E-state index contributed by atoms with van der Waals surface area (Å²) in [6.45, 7) is 4.48. The Kier molecular flexibility index (Phi) is 13.0. The molecule has 0 saturated heterocycles. The second kappa shape index (κ2) is 15.2. The molecular weight excluding hydrogens is 426 g/mol. The van der Waals surface area contributed by atoms with Gasteiger partial charge in [0.1, 0.15) is 0 Å². The lowest BCUT2D eigenvalue weighted by molar-refractivity contribution is -0.167. The molecule has 0 aromatic heterocycles. The Labute approximate surface area is 196 Å². The topological polar surface area (TPSA) is 119 Å². The van der Waals surface area contributed by atoms with Crippen molar-refractivity contribution in [3.63, 3.8) is 0 Å². The Bertz CT molecular complexity index is 755. The van der Waals surface area contributed by atoms with Crippen LogP contribution in [0.5, 0.6) is 0 Å². The fraction of sp³-hybridized carbons (Fsp3) is 0.600. The number of aryl methyl sites for hydroxylation is 1. The number of carbonyl (C=O) groups excluding carboxylic acids is 4. The van der Waals surface area contributed by atoms with Gasteiger partial charge in [-0.15, -0.1) is 0 Å². The first kappa shape index (κ1) is 28.3. The van der Waals surface area contributed by atoms with Crippen molar-refractivity contribution in [2.45, 2.75) is 77.7 Å². The Balaban J connectivity index is 2.86. The minimum Gasteiger partial charge on any atom is -0.464 e. The summed E-state index contributed by atoms with van der Waals surface area (Å²) in [6, 6.07) is 7.03. The maximum atomic E-state index is 13.0. The number of Topliss-reactive ketones (excluding diaryl/α,β-unsaturated/α-hetero) is 1. The highest BCUT2D eigenvalue weighted by Gasteiger charge is 2.51. The molecule has 0 aliphatic rings. The van der Waals surface area contributed by atoms with E-state index in [-0.39, 0.29) is 19.8 Å². The zero-order chi connectivity index (χ0) is 24.7. The van der Waals surface area contributed by atoms with Crippen LogP contribution in [0.15, 0.2) is 24.3 Å². The highest BCUT2D eigenvalue weighted by molar-refractivity contribution is 6.13. The van der Waals surface area contributed by atoms with Gasteiger partial charge in [-0.1, -0.05) is 49.9 Å². The van der Waals surface area contributed by atoms with Crippen LogP contribution in [0.4, 0.5) is 0 Å². The van der Waals surface area contributed by atoms with E-state index >= 15 is 0 Å². The summed E-state index contributed by atoms with van der Waals surface area (Å²) < 4.78 is 10.00. The lowest BCUT2D eigenvalue weighted by atomic mass is 9.89. The van der Waals surface area contributed by atoms with Gasteiger partial charge in [0.15, 0.2) is 5.78 Å². The molecule has 0 aliphatic heterocycles. The van der Waals surface area contributed by atoms with E-state index in [1.807, 2.05) is 12.1 Å². The standard InChI is InChI=1S/C25H37NO7/c1-4-32-23(30)25(26-19(3)28,24(31)33-5-2)18-22(29)21-15-13-20(14-16-21)12-10-8-6-7-9-11-17-27/h13-16,27H,4-12,17-18H2,1-3H3,(H,26,28). The first-order chi connectivity index (χ1) is 15.8. The number of hydrogen-bond acceptors (Lipinski definition) is 7. The second-order valence-corrected chi connectivity index (χ2v) is 7.92. The van der Waals surface area contributed by atoms with Gasteiger partial charge >= 0.3 is 11.9 Å². The van der Waals surface area contributed by atoms with Gasteiger partial charge in [-0.2, -0.15) is 0 Å². The SMILES string of the molecule is CCOC(=O)C(CC(=O)c1ccc(CCCCCCCCO)cc1)(NC(C)=O)C(=O)OCC. The number of benzene rings is 1. The fourth-order valence-corrected chi connectivity index (χ4v) is 3.53. The number of aliphatic hydroxyl groups is 1. The van der Waals surface area contributed by atoms with Crippen LogP contribution in [0.3, 0.4) is 0 Å². The third-order valence-electron chi connectivity index (χ3n) is 5.21. The van der Waals surface area contributed by atoms with E-state index in [1.54, 1.807) is 26.0 Å². The number of hydrogen-bond donors (Lipinski definition) is 2. The summed E-state index contributed by atoms with van der Waals surface area (Å²) in [6.07, 6.45) is 6.56. The molecule has 0 unspecified atom stereocenters. The summed E-state index contributed by atoms with van der Waals surface area (Å²) in [5.74, 6) is -3.19. The summed E-state index contributed by atoms with van der Waals surface area (Å²) in [7, 11) is 0. The van der Waals surface area contributed by atoms with E-state index < -0.39 is 35.6 Å². The largest absolute Gasteiger partial charge is 0.464 e. The number of rotatable bonds is 16. The van der Waals surface area contributed by atoms with Crippen molar-refractivity contribution < 1.29 is 33.8 Å². The first-order valence-corrected chi connectivity index (χ1v) is 11.7. The van der Waals surface area contributed by atoms with Gasteiger partial charge in [-0.05, 0) is 38.7 Å². The van der Waals surface area contributed by atoms with Gasteiger partial charge in [0.05, 0.1) is 19.6 Å². The Morgan fingerprint density at radius 1 is 0.848 bits per heavy atom. The predicted octanol–water partition coefficient (Wildman–Crippen LogP) is 3.14. The van der Waals surface area contributed by atoms with Gasteiger partial charge in [0.25, 0.3) is 0 Å². The molecule has 0 bridgehead atoms. The summed E-state index contributed by atoms with van der Waals surface area (Å²) >= 11 is 0. The number of ether oxygens (including phenoxy) is 2. The van der Waals surface area contributed by atoms with Crippen LogP contribution in [0, 0.1) is 0 Å². The zero-order valence-corrected chi connectivity index (χ0v) is 20.0. The van der Waals surface area contributed by atoms with Gasteiger partial charge in [0.2, 0.25) is 11.4 Å². The van der Waals surface area contributed by atoms with Crippen LogP contribution in [0.25, 0.3) is 0 Å². The average Bonchev–Trinajstić information content (AvgIpc) is 2.78. The Hall–Kier alpha value is -2.74. The van der Waals surface area contributed by atoms with Crippen LogP contribution >= 0.6 is 0 Å². The maximum absolute atomic E-state index is 13.0. The summed E-state index contributed by atoms with van der Waals surface area (Å²) in [5, 5.41) is 11.1. The van der Waals surface area contributed by atoms with Gasteiger partial charge in [-0.25, -0.2) is 9.59 Å². The lowest BCUT2D eigenvalue weighted by Gasteiger charge is -2.29. The number of amides is 1. The molecule has 0 radical (unpaired) electrons. The summed E-state index contributed by atoms with van der Waals surface area (Å²) in [5.41, 5.74) is -0.819. The first-order valence-electron chi connectivity index (χ1n) is 11.7. The van der Waals surface area contributed by atoms with E-state index in [0.717, 1.165) is 57.4 Å². The van der Waals surface area contributed by atoms with Crippen LogP contribution in [-0.4, -0.2) is 54.1 Å². The number of carbonyl (C=O) groups is 4. The number of unbranched alkanes of at least 4 members (excludes halogenated alkanes) is 5. The molecule has 8 nitrogen and oxygen atoms in total. The van der Waals surface area contributed by atoms with Crippen LogP contribution < -0.4 is 5.32 Å². The average molecular weight is 464 g/mol. The molecule has 0 heterocycles. The molecular formula is C25H37NO7. The molecule has 0 fully saturated rings. The van der Waals surface area contributed by atoms with E-state index in [0.29, 0.717) is 5.56 Å². The van der Waals surface area contributed by atoms with Crippen molar-refractivity contribution in [1.29, 1.82) is 0 Å². The van der Waals surface area contributed by atoms with Crippen molar-refractivity contribution in [3.05, 3.63) is 35.4 Å². The third kappa shape index (κ3) is 9.34. The monoisotopic (exact) mass is 463 g/mol. The van der Waals surface area contributed by atoms with E-state index in [1.165, 1.54) is 0 Å². The van der Waals surface area contributed by atoms with Gasteiger partial charge in [0, 0.05) is 19.1 Å². The molecule has 0 aliphatic carbocycles. The van der Waals surface area contributed by atoms with Crippen molar-refractivity contribution in [3.8, 4) is 0 Å². The molecule has 184 valence electrons. The second-order valence-electron chi connectivity index (χ2n) is 7.92. The Morgan fingerprint density at radius 3 is 1.85 bits per heavy atom. The Morgan fingerprint density at radius 2 is 1.36 bits per heavy atom. The number of ketones is 1. The van der Waals surface area contributed by atoms with Crippen LogP contribution in [-0.2, 0) is 30.3 Å². The lowest BCUT2D eigenvalue weighted by Crippen LogP contribution is -2.62. The third-order valence-corrected chi connectivity index (χ3v) is 5.21. The minimum absolute atomic E-state index is 0.0239. The molecule has 1 aromatic carbocycles.